The fraction of sp³-hybridized carbons (Fsp3) is 0.909. The van der Waals surface area contributed by atoms with Crippen molar-refractivity contribution in [2.24, 2.45) is 0 Å². The fourth-order valence-electron chi connectivity index (χ4n) is 1.55. The van der Waals surface area contributed by atoms with Gasteiger partial charge in [0, 0.05) is 0 Å². The second-order valence-electron chi connectivity index (χ2n) is 3.58. The van der Waals surface area contributed by atoms with Gasteiger partial charge in [-0.05, 0) is 26.7 Å². The van der Waals surface area contributed by atoms with Crippen molar-refractivity contribution in [3.8, 4) is 0 Å². The third kappa shape index (κ3) is 5.55. The monoisotopic (exact) mass is 266 g/mol. The minimum absolute atomic E-state index is 0.190. The summed E-state index contributed by atoms with van der Waals surface area (Å²) in [4.78, 5) is 11.3. The number of hydrogen-bond donors (Lipinski definition) is 0. The largest absolute Gasteiger partial charge is 0.514 e. The van der Waals surface area contributed by atoms with Crippen LogP contribution >= 0.6 is 7.60 Å². The lowest BCUT2D eigenvalue weighted by Gasteiger charge is -2.24. The molecule has 0 bridgehead atoms. The average Bonchev–Trinajstić information content (AvgIpc) is 2.26. The second kappa shape index (κ2) is 8.54. The Balaban J connectivity index is 4.74. The minimum atomic E-state index is -3.41. The average molecular weight is 266 g/mol. The van der Waals surface area contributed by atoms with Crippen LogP contribution in [0.4, 0.5) is 4.79 Å². The van der Waals surface area contributed by atoms with Crippen molar-refractivity contribution in [1.82, 2.24) is 0 Å². The molecule has 2 atom stereocenters. The molecule has 0 N–H and O–H groups in total. The predicted molar refractivity (Wildman–Crippen MR) is 66.3 cm³/mol. The van der Waals surface area contributed by atoms with E-state index in [1.54, 1.807) is 13.8 Å². The van der Waals surface area contributed by atoms with Crippen LogP contribution in [0, 0.1) is 0 Å². The van der Waals surface area contributed by atoms with Gasteiger partial charge in [0.05, 0.1) is 18.9 Å². The predicted octanol–water partition coefficient (Wildman–Crippen LogP) is 3.97. The van der Waals surface area contributed by atoms with Crippen molar-refractivity contribution >= 4 is 13.8 Å². The first kappa shape index (κ1) is 16.5. The highest BCUT2D eigenvalue weighted by atomic mass is 31.2. The van der Waals surface area contributed by atoms with E-state index in [0.717, 1.165) is 6.42 Å². The van der Waals surface area contributed by atoms with Crippen LogP contribution in [0.5, 0.6) is 0 Å². The van der Waals surface area contributed by atoms with Crippen LogP contribution in [0.25, 0.3) is 0 Å². The zero-order valence-electron chi connectivity index (χ0n) is 11.1. The summed E-state index contributed by atoms with van der Waals surface area (Å²) in [7, 11) is -3.41. The van der Waals surface area contributed by atoms with E-state index in [4.69, 9.17) is 9.05 Å². The maximum atomic E-state index is 12.5. The zero-order chi connectivity index (χ0) is 13.3. The number of rotatable bonds is 8. The highest BCUT2D eigenvalue weighted by Crippen LogP contribution is 2.56. The maximum absolute atomic E-state index is 12.5. The topological polar surface area (TPSA) is 61.8 Å². The van der Waals surface area contributed by atoms with Gasteiger partial charge in [0.15, 0.2) is 0 Å². The van der Waals surface area contributed by atoms with Crippen molar-refractivity contribution in [2.45, 2.75) is 52.6 Å². The molecule has 0 fully saturated rings. The van der Waals surface area contributed by atoms with Gasteiger partial charge in [-0.2, -0.15) is 0 Å². The quantitative estimate of drug-likeness (QED) is 0.491. The van der Waals surface area contributed by atoms with Crippen LogP contribution in [0.15, 0.2) is 0 Å². The summed E-state index contributed by atoms with van der Waals surface area (Å²) in [5.74, 6) is 0. The first-order valence-electron chi connectivity index (χ1n) is 6.14. The van der Waals surface area contributed by atoms with Gasteiger partial charge in [-0.3, -0.25) is 4.52 Å². The van der Waals surface area contributed by atoms with Crippen LogP contribution < -0.4 is 0 Å². The van der Waals surface area contributed by atoms with Crippen LogP contribution in [-0.2, 0) is 18.3 Å². The molecular weight excluding hydrogens is 243 g/mol. The van der Waals surface area contributed by atoms with Crippen molar-refractivity contribution in [2.75, 3.05) is 13.2 Å². The van der Waals surface area contributed by atoms with Crippen molar-refractivity contribution in [3.63, 3.8) is 0 Å². The summed E-state index contributed by atoms with van der Waals surface area (Å²) in [6, 6.07) is 0. The van der Waals surface area contributed by atoms with E-state index in [1.807, 2.05) is 13.8 Å². The number of hydrogen-bond acceptors (Lipinski definition) is 5. The third-order valence-corrected chi connectivity index (χ3v) is 4.85. The summed E-state index contributed by atoms with van der Waals surface area (Å²) in [6.45, 7) is 7.71. The fourth-order valence-corrected chi connectivity index (χ4v) is 3.61. The van der Waals surface area contributed by atoms with E-state index in [2.05, 4.69) is 4.74 Å². The maximum Gasteiger partial charge on any atom is 0.514 e. The Bertz CT molecular complexity index is 267. The summed E-state index contributed by atoms with van der Waals surface area (Å²) < 4.78 is 27.2. The molecule has 0 saturated carbocycles. The van der Waals surface area contributed by atoms with Crippen LogP contribution in [0.1, 0.15) is 47.0 Å². The van der Waals surface area contributed by atoms with Crippen LogP contribution in [0.2, 0.25) is 0 Å². The molecule has 0 heterocycles. The molecule has 0 aliphatic heterocycles. The molecule has 0 amide bonds. The first-order valence-corrected chi connectivity index (χ1v) is 7.75. The molecule has 0 aliphatic carbocycles. The SMILES string of the molecule is CCCC(CC)P(=O)(OCC)OC(=O)OCC. The standard InChI is InChI=1S/C11H23O5P/c1-5-9-10(6-2)17(13,15-8-4)16-11(12)14-7-3/h10H,5-9H2,1-4H3. The molecule has 5 nitrogen and oxygen atoms in total. The second-order valence-corrected chi connectivity index (χ2v) is 5.83. The molecule has 0 aromatic carbocycles. The smallest absolute Gasteiger partial charge is 0.434 e. The molecule has 17 heavy (non-hydrogen) atoms. The normalized spacial score (nSPS) is 16.0. The Hall–Kier alpha value is -0.540. The van der Waals surface area contributed by atoms with Gasteiger partial charge < -0.3 is 9.26 Å². The summed E-state index contributed by atoms with van der Waals surface area (Å²) >= 11 is 0. The number of carbonyl (C=O) groups is 1. The molecule has 0 radical (unpaired) electrons. The van der Waals surface area contributed by atoms with Crippen molar-refractivity contribution in [1.29, 1.82) is 0 Å². The molecular formula is C11H23O5P. The van der Waals surface area contributed by atoms with E-state index >= 15 is 0 Å². The molecule has 0 aromatic rings. The lowest BCUT2D eigenvalue weighted by molar-refractivity contribution is 0.0939. The molecule has 0 aliphatic rings. The van der Waals surface area contributed by atoms with Gasteiger partial charge >= 0.3 is 13.8 Å². The lowest BCUT2D eigenvalue weighted by atomic mass is 10.2. The Kier molecular flexibility index (Phi) is 8.26. The highest BCUT2D eigenvalue weighted by molar-refractivity contribution is 7.55. The van der Waals surface area contributed by atoms with Crippen LogP contribution in [-0.4, -0.2) is 25.0 Å². The van der Waals surface area contributed by atoms with E-state index < -0.39 is 13.8 Å². The van der Waals surface area contributed by atoms with Crippen LogP contribution in [0.3, 0.4) is 0 Å². The molecule has 0 saturated heterocycles. The summed E-state index contributed by atoms with van der Waals surface area (Å²) in [5.41, 5.74) is -0.253. The Morgan fingerprint density at radius 2 is 1.82 bits per heavy atom. The van der Waals surface area contributed by atoms with E-state index in [-0.39, 0.29) is 18.9 Å². The van der Waals surface area contributed by atoms with Gasteiger partial charge in [-0.25, -0.2) is 9.36 Å². The third-order valence-electron chi connectivity index (χ3n) is 2.31. The van der Waals surface area contributed by atoms with E-state index in [0.29, 0.717) is 12.8 Å². The minimum Gasteiger partial charge on any atom is -0.434 e. The Morgan fingerprint density at radius 3 is 2.24 bits per heavy atom. The van der Waals surface area contributed by atoms with Crippen molar-refractivity contribution in [3.05, 3.63) is 0 Å². The molecule has 102 valence electrons. The van der Waals surface area contributed by atoms with Gasteiger partial charge in [0.1, 0.15) is 0 Å². The summed E-state index contributed by atoms with van der Waals surface area (Å²) in [6.07, 6.45) is 1.29. The molecule has 0 spiro atoms. The number of ether oxygens (including phenoxy) is 1. The number of carbonyl (C=O) groups excluding carboxylic acids is 1. The first-order chi connectivity index (χ1) is 8.03. The zero-order valence-corrected chi connectivity index (χ0v) is 12.0. The lowest BCUT2D eigenvalue weighted by Crippen LogP contribution is -2.16. The van der Waals surface area contributed by atoms with E-state index in [9.17, 15) is 9.36 Å². The molecule has 6 heteroatoms. The Labute approximate surface area is 103 Å². The van der Waals surface area contributed by atoms with Crippen molar-refractivity contribution < 1.29 is 23.1 Å². The van der Waals surface area contributed by atoms with Gasteiger partial charge in [-0.15, -0.1) is 0 Å². The molecule has 0 aromatic heterocycles. The van der Waals surface area contributed by atoms with Gasteiger partial charge in [0.2, 0.25) is 0 Å². The van der Waals surface area contributed by atoms with Gasteiger partial charge in [0.25, 0.3) is 0 Å². The molecule has 0 rings (SSSR count). The summed E-state index contributed by atoms with van der Waals surface area (Å²) in [5, 5.41) is 0. The highest BCUT2D eigenvalue weighted by Gasteiger charge is 2.37. The van der Waals surface area contributed by atoms with Gasteiger partial charge in [-0.1, -0.05) is 20.3 Å². The van der Waals surface area contributed by atoms with E-state index in [1.165, 1.54) is 0 Å². The Morgan fingerprint density at radius 1 is 1.18 bits per heavy atom. The molecule has 2 unspecified atom stereocenters.